The Labute approximate surface area is 97.8 Å². The summed E-state index contributed by atoms with van der Waals surface area (Å²) >= 11 is 10.2. The van der Waals surface area contributed by atoms with Gasteiger partial charge in [-0.05, 0) is 39.5 Å². The Balaban J connectivity index is 3.28. The van der Waals surface area contributed by atoms with Crippen LogP contribution in [0, 0.1) is 0 Å². The quantitative estimate of drug-likeness (QED) is 0.520. The standard InChI is InChI=1S/C10H20N2S2/c1-3-11-9(13)7-5-6-8-10(14)12-4-2/h3-8H2,1-2H3,(H,11,13)(H,12,14). The lowest BCUT2D eigenvalue weighted by molar-refractivity contribution is 0.771. The van der Waals surface area contributed by atoms with E-state index in [1.165, 1.54) is 0 Å². The van der Waals surface area contributed by atoms with Crippen LogP contribution < -0.4 is 10.6 Å². The van der Waals surface area contributed by atoms with Crippen LogP contribution in [0.5, 0.6) is 0 Å². The number of nitrogens with one attached hydrogen (secondary N) is 2. The van der Waals surface area contributed by atoms with Crippen molar-refractivity contribution in [2.45, 2.75) is 39.5 Å². The summed E-state index contributed by atoms with van der Waals surface area (Å²) in [5.41, 5.74) is 0. The molecular formula is C10H20N2S2. The van der Waals surface area contributed by atoms with Crippen molar-refractivity contribution in [2.24, 2.45) is 0 Å². The molecule has 0 bridgehead atoms. The molecule has 4 heteroatoms. The van der Waals surface area contributed by atoms with Crippen LogP contribution >= 0.6 is 24.4 Å². The Bertz CT molecular complexity index is 161. The molecule has 0 aromatic rings. The minimum Gasteiger partial charge on any atom is -0.380 e. The van der Waals surface area contributed by atoms with Crippen LogP contribution in [0.2, 0.25) is 0 Å². The SMILES string of the molecule is CCNC(=S)CCCCC(=S)NCC. The molecule has 0 atom stereocenters. The molecule has 0 saturated heterocycles. The zero-order valence-corrected chi connectivity index (χ0v) is 10.7. The van der Waals surface area contributed by atoms with Crippen LogP contribution in [0.4, 0.5) is 0 Å². The van der Waals surface area contributed by atoms with Gasteiger partial charge in [-0.2, -0.15) is 0 Å². The molecule has 0 saturated carbocycles. The number of unbranched alkanes of at least 4 members (excludes halogenated alkanes) is 1. The van der Waals surface area contributed by atoms with Crippen molar-refractivity contribution in [1.82, 2.24) is 10.6 Å². The smallest absolute Gasteiger partial charge is 0.0753 e. The second-order valence-corrected chi connectivity index (χ2v) is 4.10. The van der Waals surface area contributed by atoms with E-state index in [0.29, 0.717) is 0 Å². The van der Waals surface area contributed by atoms with Gasteiger partial charge in [-0.25, -0.2) is 0 Å². The van der Waals surface area contributed by atoms with Crippen LogP contribution in [-0.4, -0.2) is 23.1 Å². The molecule has 0 fully saturated rings. The van der Waals surface area contributed by atoms with Gasteiger partial charge in [0.2, 0.25) is 0 Å². The first-order chi connectivity index (χ1) is 6.70. The summed E-state index contributed by atoms with van der Waals surface area (Å²) in [4.78, 5) is 1.95. The van der Waals surface area contributed by atoms with Crippen LogP contribution in [0.25, 0.3) is 0 Å². The number of hydrogen-bond acceptors (Lipinski definition) is 2. The third kappa shape index (κ3) is 8.38. The fourth-order valence-electron chi connectivity index (χ4n) is 1.14. The Morgan fingerprint density at radius 1 is 0.857 bits per heavy atom. The van der Waals surface area contributed by atoms with E-state index in [9.17, 15) is 0 Å². The Kier molecular flexibility index (Phi) is 9.19. The van der Waals surface area contributed by atoms with E-state index < -0.39 is 0 Å². The van der Waals surface area contributed by atoms with E-state index >= 15 is 0 Å². The van der Waals surface area contributed by atoms with Crippen molar-refractivity contribution in [3.05, 3.63) is 0 Å². The highest BCUT2D eigenvalue weighted by Gasteiger charge is 1.97. The summed E-state index contributed by atoms with van der Waals surface area (Å²) in [5, 5.41) is 6.28. The maximum absolute atomic E-state index is 5.12. The van der Waals surface area contributed by atoms with E-state index in [1.54, 1.807) is 0 Å². The molecule has 0 rings (SSSR count). The normalized spacial score (nSPS) is 9.57. The monoisotopic (exact) mass is 232 g/mol. The molecule has 0 aliphatic carbocycles. The fourth-order valence-corrected chi connectivity index (χ4v) is 1.72. The zero-order chi connectivity index (χ0) is 10.8. The number of hydrogen-bond donors (Lipinski definition) is 2. The third-order valence-corrected chi connectivity index (χ3v) is 2.50. The molecule has 0 aliphatic rings. The summed E-state index contributed by atoms with van der Waals surface area (Å²) in [7, 11) is 0. The molecule has 0 heterocycles. The molecule has 82 valence electrons. The summed E-state index contributed by atoms with van der Waals surface area (Å²) in [6.45, 7) is 5.97. The van der Waals surface area contributed by atoms with E-state index in [-0.39, 0.29) is 0 Å². The highest BCUT2D eigenvalue weighted by atomic mass is 32.1. The van der Waals surface area contributed by atoms with Gasteiger partial charge in [-0.1, -0.05) is 24.4 Å². The van der Waals surface area contributed by atoms with Gasteiger partial charge in [0.15, 0.2) is 0 Å². The molecule has 0 unspecified atom stereocenters. The molecule has 0 radical (unpaired) electrons. The maximum Gasteiger partial charge on any atom is 0.0753 e. The lowest BCUT2D eigenvalue weighted by Crippen LogP contribution is -2.21. The van der Waals surface area contributed by atoms with Gasteiger partial charge in [-0.3, -0.25) is 0 Å². The molecule has 14 heavy (non-hydrogen) atoms. The van der Waals surface area contributed by atoms with Crippen LogP contribution in [0.3, 0.4) is 0 Å². The maximum atomic E-state index is 5.12. The van der Waals surface area contributed by atoms with Gasteiger partial charge in [-0.15, -0.1) is 0 Å². The predicted molar refractivity (Wildman–Crippen MR) is 71.0 cm³/mol. The topological polar surface area (TPSA) is 24.1 Å². The molecule has 2 nitrogen and oxygen atoms in total. The Morgan fingerprint density at radius 2 is 1.21 bits per heavy atom. The lowest BCUT2D eigenvalue weighted by atomic mass is 10.2. The number of thiocarbonyl (C=S) groups is 2. The van der Waals surface area contributed by atoms with Crippen LogP contribution in [0.15, 0.2) is 0 Å². The van der Waals surface area contributed by atoms with E-state index in [2.05, 4.69) is 24.5 Å². The Hall–Kier alpha value is -0.220. The summed E-state index contributed by atoms with van der Waals surface area (Å²) in [6.07, 6.45) is 4.21. The molecule has 2 N–H and O–H groups in total. The molecule has 0 amide bonds. The first kappa shape index (κ1) is 13.8. The van der Waals surface area contributed by atoms with Crippen LogP contribution in [-0.2, 0) is 0 Å². The second kappa shape index (κ2) is 9.34. The zero-order valence-electron chi connectivity index (χ0n) is 9.06. The summed E-state index contributed by atoms with van der Waals surface area (Å²) in [6, 6.07) is 0. The molecule has 0 aromatic heterocycles. The summed E-state index contributed by atoms with van der Waals surface area (Å²) < 4.78 is 0. The second-order valence-electron chi connectivity index (χ2n) is 3.11. The van der Waals surface area contributed by atoms with Gasteiger partial charge in [0.05, 0.1) is 9.98 Å². The molecule has 0 aromatic carbocycles. The highest BCUT2D eigenvalue weighted by molar-refractivity contribution is 7.80. The fraction of sp³-hybridized carbons (Fsp3) is 0.800. The average Bonchev–Trinajstić information content (AvgIpc) is 2.13. The summed E-state index contributed by atoms with van der Waals surface area (Å²) in [5.74, 6) is 0. The van der Waals surface area contributed by atoms with Gasteiger partial charge in [0.25, 0.3) is 0 Å². The molecule has 0 aliphatic heterocycles. The molecular weight excluding hydrogens is 212 g/mol. The predicted octanol–water partition coefficient (Wildman–Crippen LogP) is 2.42. The minimum absolute atomic E-state index is 0.925. The third-order valence-electron chi connectivity index (χ3n) is 1.81. The van der Waals surface area contributed by atoms with Crippen molar-refractivity contribution >= 4 is 34.4 Å². The van der Waals surface area contributed by atoms with Crippen molar-refractivity contribution < 1.29 is 0 Å². The Morgan fingerprint density at radius 3 is 1.50 bits per heavy atom. The molecule has 0 spiro atoms. The number of rotatable bonds is 7. The van der Waals surface area contributed by atoms with Gasteiger partial charge in [0, 0.05) is 13.1 Å². The minimum atomic E-state index is 0.925. The van der Waals surface area contributed by atoms with E-state index in [1.807, 2.05) is 0 Å². The van der Waals surface area contributed by atoms with Gasteiger partial charge in [0.1, 0.15) is 0 Å². The van der Waals surface area contributed by atoms with E-state index in [0.717, 1.165) is 48.7 Å². The van der Waals surface area contributed by atoms with Crippen molar-refractivity contribution in [3.63, 3.8) is 0 Å². The van der Waals surface area contributed by atoms with Crippen molar-refractivity contribution in [3.8, 4) is 0 Å². The lowest BCUT2D eigenvalue weighted by Gasteiger charge is -2.06. The highest BCUT2D eigenvalue weighted by Crippen LogP contribution is 2.01. The first-order valence-corrected chi connectivity index (χ1v) is 6.05. The van der Waals surface area contributed by atoms with Gasteiger partial charge >= 0.3 is 0 Å². The van der Waals surface area contributed by atoms with Gasteiger partial charge < -0.3 is 10.6 Å². The average molecular weight is 232 g/mol. The van der Waals surface area contributed by atoms with Crippen molar-refractivity contribution in [1.29, 1.82) is 0 Å². The first-order valence-electron chi connectivity index (χ1n) is 5.24. The van der Waals surface area contributed by atoms with Crippen molar-refractivity contribution in [2.75, 3.05) is 13.1 Å². The van der Waals surface area contributed by atoms with Crippen LogP contribution in [0.1, 0.15) is 39.5 Å². The largest absolute Gasteiger partial charge is 0.380 e. The van der Waals surface area contributed by atoms with E-state index in [4.69, 9.17) is 24.4 Å².